The third kappa shape index (κ3) is 5.44. The van der Waals surface area contributed by atoms with Crippen LogP contribution in [0.3, 0.4) is 0 Å². The van der Waals surface area contributed by atoms with Crippen molar-refractivity contribution in [3.63, 3.8) is 0 Å². The van der Waals surface area contributed by atoms with E-state index in [9.17, 15) is 23.9 Å². The average molecular weight is 429 g/mol. The minimum Gasteiger partial charge on any atom is -0.493 e. The molecule has 1 amide bonds. The van der Waals surface area contributed by atoms with Gasteiger partial charge in [0.05, 0.1) is 19.6 Å². The molecule has 0 spiro atoms. The van der Waals surface area contributed by atoms with Gasteiger partial charge in [-0.15, -0.1) is 0 Å². The molecule has 4 aliphatic heterocycles. The van der Waals surface area contributed by atoms with Crippen LogP contribution in [0, 0.1) is 11.3 Å². The number of carbonyl (C=O) groups excluding carboxylic acids is 1. The first-order valence-electron chi connectivity index (χ1n) is 9.54. The molecule has 0 aliphatic carbocycles. The molecule has 2 aromatic carbocycles. The third-order valence-corrected chi connectivity index (χ3v) is 4.75. The van der Waals surface area contributed by atoms with Crippen LogP contribution in [0.5, 0.6) is 17.2 Å². The minimum atomic E-state index is -3.42. The van der Waals surface area contributed by atoms with Crippen LogP contribution in [-0.4, -0.2) is 44.3 Å². The third-order valence-electron chi connectivity index (χ3n) is 4.75. The van der Waals surface area contributed by atoms with Crippen molar-refractivity contribution < 1.29 is 32.8 Å². The average Bonchev–Trinajstić information content (AvgIpc) is 2.75. The topological polar surface area (TPSA) is 101 Å². The molecule has 0 fully saturated rings. The number of nitriles is 1. The van der Waals surface area contributed by atoms with Crippen LogP contribution in [0.1, 0.15) is 28.8 Å². The van der Waals surface area contributed by atoms with Crippen molar-refractivity contribution in [2.45, 2.75) is 31.4 Å². The molecule has 1 unspecified atom stereocenters. The summed E-state index contributed by atoms with van der Waals surface area (Å²) in [7, 11) is 2.19. The number of hydrogen-bond acceptors (Lipinski definition) is 6. The van der Waals surface area contributed by atoms with E-state index >= 15 is 0 Å². The first-order chi connectivity index (χ1) is 14.9. The number of halogens is 2. The zero-order valence-corrected chi connectivity index (χ0v) is 16.7. The van der Waals surface area contributed by atoms with Gasteiger partial charge in [-0.2, -0.15) is 14.0 Å². The van der Waals surface area contributed by atoms with E-state index in [1.807, 2.05) is 6.07 Å². The summed E-state index contributed by atoms with van der Waals surface area (Å²) in [5.41, 5.74) is 1.05. The fourth-order valence-electron chi connectivity index (χ4n) is 3.21. The normalized spacial score (nSPS) is 18.5. The highest BCUT2D eigenvalue weighted by atomic mass is 19.3. The molecule has 7 nitrogen and oxygen atoms in total. The Morgan fingerprint density at radius 2 is 2.03 bits per heavy atom. The summed E-state index contributed by atoms with van der Waals surface area (Å²) in [6.07, 6.45) is -3.66. The predicted octanol–water partition coefficient (Wildman–Crippen LogP) is 1.94. The van der Waals surface area contributed by atoms with Crippen LogP contribution in [0.2, 0.25) is 0 Å². The van der Waals surface area contributed by atoms with Gasteiger partial charge in [-0.1, -0.05) is 6.07 Å². The number of nitrogens with one attached hydrogen (secondary N) is 1. The van der Waals surface area contributed by atoms with Gasteiger partial charge in [0, 0.05) is 5.56 Å². The Morgan fingerprint density at radius 3 is 2.68 bits per heavy atom. The van der Waals surface area contributed by atoms with Gasteiger partial charge in [0.15, 0.2) is 17.5 Å². The van der Waals surface area contributed by atoms with E-state index in [4.69, 9.17) is 14.2 Å². The van der Waals surface area contributed by atoms with E-state index in [0.29, 0.717) is 5.56 Å². The van der Waals surface area contributed by atoms with Crippen molar-refractivity contribution in [1.82, 2.24) is 5.32 Å². The number of rotatable bonds is 2. The molecular weight excluding hydrogens is 409 g/mol. The molecule has 0 aromatic heterocycles. The SMILES string of the molecule is COc1c2ccc(c1[B]O)CCCC(F)(F)Oc1ccc(cc1)C(=O)NC(C#N)CO2. The van der Waals surface area contributed by atoms with Crippen LogP contribution >= 0.6 is 0 Å². The van der Waals surface area contributed by atoms with Crippen LogP contribution < -0.4 is 25.0 Å². The van der Waals surface area contributed by atoms with Gasteiger partial charge >= 0.3 is 13.6 Å². The molecule has 2 aromatic rings. The lowest BCUT2D eigenvalue weighted by Gasteiger charge is -2.21. The second kappa shape index (κ2) is 9.66. The monoisotopic (exact) mass is 429 g/mol. The van der Waals surface area contributed by atoms with Gasteiger partial charge < -0.3 is 24.6 Å². The summed E-state index contributed by atoms with van der Waals surface area (Å²) >= 11 is 0. The zero-order valence-electron chi connectivity index (χ0n) is 16.7. The second-order valence-corrected chi connectivity index (χ2v) is 6.88. The van der Waals surface area contributed by atoms with Crippen molar-refractivity contribution >= 4 is 18.9 Å². The Morgan fingerprint density at radius 1 is 1.29 bits per heavy atom. The number of hydrogen-bond donors (Lipinski definition) is 2. The van der Waals surface area contributed by atoms with Gasteiger partial charge in [0.25, 0.3) is 5.91 Å². The van der Waals surface area contributed by atoms with E-state index in [1.54, 1.807) is 12.1 Å². The summed E-state index contributed by atoms with van der Waals surface area (Å²) in [6.45, 7) is -0.170. The lowest BCUT2D eigenvalue weighted by Crippen LogP contribution is -2.38. The predicted molar refractivity (Wildman–Crippen MR) is 108 cm³/mol. The van der Waals surface area contributed by atoms with E-state index in [-0.39, 0.29) is 47.7 Å². The Kier molecular flexibility index (Phi) is 6.97. The lowest BCUT2D eigenvalue weighted by molar-refractivity contribution is -0.181. The highest BCUT2D eigenvalue weighted by Gasteiger charge is 2.31. The Labute approximate surface area is 178 Å². The summed E-state index contributed by atoms with van der Waals surface area (Å²) in [6, 6.07) is 9.35. The van der Waals surface area contributed by atoms with Crippen molar-refractivity contribution in [2.24, 2.45) is 0 Å². The number of aryl methyl sites for hydroxylation is 1. The highest BCUT2D eigenvalue weighted by molar-refractivity contribution is 6.48. The van der Waals surface area contributed by atoms with E-state index in [0.717, 1.165) is 7.48 Å². The molecule has 10 heteroatoms. The number of nitrogens with zero attached hydrogens (tertiary/aromatic N) is 1. The van der Waals surface area contributed by atoms with Crippen molar-refractivity contribution in [3.8, 4) is 23.3 Å². The maximum absolute atomic E-state index is 14.3. The highest BCUT2D eigenvalue weighted by Crippen LogP contribution is 2.29. The van der Waals surface area contributed by atoms with Crippen molar-refractivity contribution in [1.29, 1.82) is 5.26 Å². The molecule has 31 heavy (non-hydrogen) atoms. The Bertz CT molecular complexity index is 979. The largest absolute Gasteiger partial charge is 0.493 e. The first kappa shape index (κ1) is 22.4. The fraction of sp³-hybridized carbons (Fsp3) is 0.333. The molecule has 4 aliphatic rings. The quantitative estimate of drug-likeness (QED) is 0.708. The van der Waals surface area contributed by atoms with Gasteiger partial charge in [-0.05, 0) is 54.2 Å². The minimum absolute atomic E-state index is 0.0776. The van der Waals surface area contributed by atoms with Gasteiger partial charge in [-0.25, -0.2) is 0 Å². The summed E-state index contributed by atoms with van der Waals surface area (Å²) in [5.74, 6) is -0.221. The second-order valence-electron chi connectivity index (χ2n) is 6.88. The fourth-order valence-corrected chi connectivity index (χ4v) is 3.21. The molecule has 2 N–H and O–H groups in total. The van der Waals surface area contributed by atoms with Gasteiger partial charge in [-0.3, -0.25) is 4.79 Å². The molecule has 4 heterocycles. The van der Waals surface area contributed by atoms with Crippen LogP contribution in [0.25, 0.3) is 0 Å². The van der Waals surface area contributed by atoms with Crippen molar-refractivity contribution in [3.05, 3.63) is 47.5 Å². The number of ether oxygens (including phenoxy) is 3. The van der Waals surface area contributed by atoms with Gasteiger partial charge in [0.1, 0.15) is 12.4 Å². The van der Waals surface area contributed by atoms with Gasteiger partial charge in [0.2, 0.25) is 0 Å². The standard InChI is InChI=1S/C21H20BF2N2O5/c1-29-19-17-9-6-13(18(19)22-28)3-2-10-21(23,24)31-16-7-4-14(5-8-16)20(27)26-15(11-25)12-30-17/h4-9,15,28H,2-3,10,12H2,1H3,(H,26,27). The maximum Gasteiger partial charge on any atom is 0.397 e. The molecule has 6 rings (SSSR count). The molecular formula is C21H20BF2N2O5. The van der Waals surface area contributed by atoms with E-state index in [2.05, 4.69) is 5.32 Å². The molecule has 1 radical (unpaired) electrons. The number of benzene rings is 2. The van der Waals surface area contributed by atoms with Crippen LogP contribution in [-0.2, 0) is 6.42 Å². The van der Waals surface area contributed by atoms with E-state index < -0.39 is 24.5 Å². The summed E-state index contributed by atoms with van der Waals surface area (Å²) in [5, 5.41) is 21.6. The Balaban J connectivity index is 1.95. The summed E-state index contributed by atoms with van der Waals surface area (Å²) in [4.78, 5) is 12.4. The number of methoxy groups -OCH3 is 1. The lowest BCUT2D eigenvalue weighted by atomic mass is 9.81. The zero-order chi connectivity index (χ0) is 22.4. The molecule has 0 saturated carbocycles. The molecule has 1 atom stereocenters. The summed E-state index contributed by atoms with van der Waals surface area (Å²) < 4.78 is 44.3. The number of alkyl halides is 2. The molecule has 4 bridgehead atoms. The smallest absolute Gasteiger partial charge is 0.397 e. The Hall–Kier alpha value is -3.32. The van der Waals surface area contributed by atoms with E-state index in [1.165, 1.54) is 31.4 Å². The molecule has 0 saturated heterocycles. The maximum atomic E-state index is 14.3. The molecule has 161 valence electrons. The van der Waals surface area contributed by atoms with Crippen LogP contribution in [0.4, 0.5) is 8.78 Å². The van der Waals surface area contributed by atoms with Crippen molar-refractivity contribution in [2.75, 3.05) is 13.7 Å². The van der Waals surface area contributed by atoms with Crippen LogP contribution in [0.15, 0.2) is 36.4 Å². The number of amides is 1. The number of carbonyl (C=O) groups is 1. The first-order valence-corrected chi connectivity index (χ1v) is 9.54.